The van der Waals surface area contributed by atoms with E-state index in [1.54, 1.807) is 55.5 Å². The second-order valence-electron chi connectivity index (χ2n) is 7.83. The molecule has 6 heteroatoms. The fraction of sp³-hybridized carbons (Fsp3) is 0.231. The zero-order valence-corrected chi connectivity index (χ0v) is 18.3. The molecule has 1 aromatic heterocycles. The Morgan fingerprint density at radius 1 is 1.00 bits per heavy atom. The van der Waals surface area contributed by atoms with E-state index in [1.165, 1.54) is 4.90 Å². The summed E-state index contributed by atoms with van der Waals surface area (Å²) >= 11 is 0. The number of hydrogen-bond donors (Lipinski definition) is 1. The molecular weight excluding hydrogens is 406 g/mol. The smallest absolute Gasteiger partial charge is 0.300 e. The summed E-state index contributed by atoms with van der Waals surface area (Å²) in [5, 5.41) is 11.1. The lowest BCUT2D eigenvalue weighted by Gasteiger charge is -2.23. The molecule has 0 aliphatic carbocycles. The van der Waals surface area contributed by atoms with E-state index in [-0.39, 0.29) is 11.3 Å². The van der Waals surface area contributed by atoms with Crippen molar-refractivity contribution in [1.82, 2.24) is 0 Å². The Morgan fingerprint density at radius 3 is 2.28 bits per heavy atom. The van der Waals surface area contributed by atoms with E-state index in [4.69, 9.17) is 9.15 Å². The number of amides is 1. The van der Waals surface area contributed by atoms with Crippen LogP contribution in [0, 0.1) is 13.8 Å². The molecular formula is C26H25NO5. The molecule has 0 saturated carbocycles. The summed E-state index contributed by atoms with van der Waals surface area (Å²) < 4.78 is 11.4. The zero-order valence-electron chi connectivity index (χ0n) is 18.3. The highest BCUT2D eigenvalue weighted by atomic mass is 16.5. The van der Waals surface area contributed by atoms with Crippen LogP contribution in [0.3, 0.4) is 0 Å². The van der Waals surface area contributed by atoms with Crippen LogP contribution in [0.1, 0.15) is 42.0 Å². The van der Waals surface area contributed by atoms with Gasteiger partial charge in [0, 0.05) is 11.3 Å². The van der Waals surface area contributed by atoms with Gasteiger partial charge in [0.25, 0.3) is 11.7 Å². The molecule has 2 aromatic carbocycles. The van der Waals surface area contributed by atoms with Gasteiger partial charge in [0.05, 0.1) is 12.2 Å². The van der Waals surface area contributed by atoms with Crippen LogP contribution in [0.25, 0.3) is 5.76 Å². The number of nitrogens with zero attached hydrogens (tertiary/aromatic N) is 1. The first-order chi connectivity index (χ1) is 15.4. The van der Waals surface area contributed by atoms with Gasteiger partial charge in [-0.25, -0.2) is 0 Å². The van der Waals surface area contributed by atoms with E-state index in [0.717, 1.165) is 12.0 Å². The molecule has 1 N–H and O–H groups in total. The minimum Gasteiger partial charge on any atom is -0.507 e. The highest BCUT2D eigenvalue weighted by Gasteiger charge is 2.48. The third kappa shape index (κ3) is 3.91. The number of aryl methyl sites for hydroxylation is 2. The summed E-state index contributed by atoms with van der Waals surface area (Å²) in [4.78, 5) is 27.5. The van der Waals surface area contributed by atoms with Crippen LogP contribution in [0.4, 0.5) is 5.69 Å². The van der Waals surface area contributed by atoms with Gasteiger partial charge in [0.15, 0.2) is 0 Å². The molecule has 1 saturated heterocycles. The Balaban J connectivity index is 1.82. The third-order valence-electron chi connectivity index (χ3n) is 5.39. The van der Waals surface area contributed by atoms with Gasteiger partial charge >= 0.3 is 0 Å². The maximum Gasteiger partial charge on any atom is 0.300 e. The number of carbonyl (C=O) groups excluding carboxylic acids is 2. The van der Waals surface area contributed by atoms with E-state index in [0.29, 0.717) is 35.1 Å². The summed E-state index contributed by atoms with van der Waals surface area (Å²) in [5.41, 5.74) is 2.00. The summed E-state index contributed by atoms with van der Waals surface area (Å²) in [6, 6.07) is 16.7. The molecule has 1 aliphatic rings. The lowest BCUT2D eigenvalue weighted by Crippen LogP contribution is -2.29. The number of Topliss-reactive ketones (excluding diaryl/α,β-unsaturated/α-hetero) is 1. The van der Waals surface area contributed by atoms with Crippen molar-refractivity contribution in [2.75, 3.05) is 11.5 Å². The van der Waals surface area contributed by atoms with Crippen molar-refractivity contribution in [3.63, 3.8) is 0 Å². The number of aliphatic hydroxyl groups is 1. The van der Waals surface area contributed by atoms with Crippen LogP contribution in [0.2, 0.25) is 0 Å². The van der Waals surface area contributed by atoms with Gasteiger partial charge in [-0.3, -0.25) is 14.5 Å². The number of furan rings is 1. The van der Waals surface area contributed by atoms with E-state index < -0.39 is 17.7 Å². The maximum atomic E-state index is 13.1. The third-order valence-corrected chi connectivity index (χ3v) is 5.39. The number of hydrogen-bond acceptors (Lipinski definition) is 5. The highest BCUT2D eigenvalue weighted by molar-refractivity contribution is 6.51. The monoisotopic (exact) mass is 431 g/mol. The van der Waals surface area contributed by atoms with Gasteiger partial charge in [-0.2, -0.15) is 0 Å². The molecule has 0 spiro atoms. The molecule has 2 heterocycles. The average Bonchev–Trinajstić information content (AvgIpc) is 3.34. The predicted molar refractivity (Wildman–Crippen MR) is 122 cm³/mol. The number of ether oxygens (including phenoxy) is 1. The lowest BCUT2D eigenvalue weighted by molar-refractivity contribution is -0.132. The quantitative estimate of drug-likeness (QED) is 0.325. The van der Waals surface area contributed by atoms with E-state index in [9.17, 15) is 14.7 Å². The zero-order chi connectivity index (χ0) is 22.8. The molecule has 1 aliphatic heterocycles. The molecule has 1 atom stereocenters. The molecule has 3 aromatic rings. The minimum absolute atomic E-state index is 0.00727. The number of carbonyl (C=O) groups is 2. The minimum atomic E-state index is -0.873. The predicted octanol–water partition coefficient (Wildman–Crippen LogP) is 5.31. The fourth-order valence-corrected chi connectivity index (χ4v) is 3.76. The van der Waals surface area contributed by atoms with E-state index in [1.807, 2.05) is 26.0 Å². The Hall–Kier alpha value is -3.80. The first kappa shape index (κ1) is 21.4. The van der Waals surface area contributed by atoms with Gasteiger partial charge in [0.2, 0.25) is 0 Å². The SMILES string of the molecule is CCCOc1ccc(/C(O)=C2/C(=O)C(=O)N(c3ccc(C)cc3)C2c2ccc(C)o2)cc1. The average molecular weight is 431 g/mol. The van der Waals surface area contributed by atoms with Crippen LogP contribution >= 0.6 is 0 Å². The summed E-state index contributed by atoms with van der Waals surface area (Å²) in [6.07, 6.45) is 0.882. The van der Waals surface area contributed by atoms with Crippen molar-refractivity contribution in [1.29, 1.82) is 0 Å². The van der Waals surface area contributed by atoms with Crippen molar-refractivity contribution in [3.8, 4) is 5.75 Å². The van der Waals surface area contributed by atoms with Crippen LogP contribution in [-0.2, 0) is 9.59 Å². The standard InChI is InChI=1S/C26H25NO5/c1-4-15-31-20-12-8-18(9-13-20)24(28)22-23(21-14-7-17(3)32-21)27(26(30)25(22)29)19-10-5-16(2)6-11-19/h5-14,23,28H,4,15H2,1-3H3/b24-22-. The Bertz CT molecular complexity index is 1170. The largest absolute Gasteiger partial charge is 0.507 e. The molecule has 4 rings (SSSR count). The van der Waals surface area contributed by atoms with E-state index in [2.05, 4.69) is 0 Å². The lowest BCUT2D eigenvalue weighted by atomic mass is 9.99. The number of aliphatic hydroxyl groups excluding tert-OH is 1. The van der Waals surface area contributed by atoms with Crippen molar-refractivity contribution < 1.29 is 23.8 Å². The first-order valence-corrected chi connectivity index (χ1v) is 10.6. The second-order valence-corrected chi connectivity index (χ2v) is 7.83. The molecule has 0 radical (unpaired) electrons. The van der Waals surface area contributed by atoms with E-state index >= 15 is 0 Å². The summed E-state index contributed by atoms with van der Waals surface area (Å²) in [5.74, 6) is 0.00482. The normalized spacial score (nSPS) is 17.7. The van der Waals surface area contributed by atoms with Crippen LogP contribution in [0.15, 0.2) is 70.7 Å². The molecule has 1 amide bonds. The van der Waals surface area contributed by atoms with Gasteiger partial charge in [-0.15, -0.1) is 0 Å². The topological polar surface area (TPSA) is 80.0 Å². The van der Waals surface area contributed by atoms with Gasteiger partial charge in [-0.05, 0) is 68.8 Å². The van der Waals surface area contributed by atoms with Crippen molar-refractivity contribution >= 4 is 23.1 Å². The number of benzene rings is 2. The van der Waals surface area contributed by atoms with Gasteiger partial charge < -0.3 is 14.3 Å². The first-order valence-electron chi connectivity index (χ1n) is 10.6. The molecule has 1 unspecified atom stereocenters. The Kier molecular flexibility index (Phi) is 5.86. The Labute approximate surface area is 186 Å². The van der Waals surface area contributed by atoms with Crippen molar-refractivity contribution in [2.24, 2.45) is 0 Å². The van der Waals surface area contributed by atoms with Crippen molar-refractivity contribution in [3.05, 3.63) is 88.9 Å². The van der Waals surface area contributed by atoms with Crippen LogP contribution in [0.5, 0.6) is 5.75 Å². The molecule has 1 fully saturated rings. The summed E-state index contributed by atoms with van der Waals surface area (Å²) in [6.45, 7) is 6.34. The van der Waals surface area contributed by atoms with Gasteiger partial charge in [0.1, 0.15) is 29.1 Å². The molecule has 0 bridgehead atoms. The molecule has 6 nitrogen and oxygen atoms in total. The van der Waals surface area contributed by atoms with Crippen molar-refractivity contribution in [2.45, 2.75) is 33.2 Å². The Morgan fingerprint density at radius 2 is 1.69 bits per heavy atom. The number of ketones is 1. The number of rotatable bonds is 6. The van der Waals surface area contributed by atoms with Crippen LogP contribution in [-0.4, -0.2) is 23.4 Å². The highest BCUT2D eigenvalue weighted by Crippen LogP contribution is 2.42. The maximum absolute atomic E-state index is 13.1. The molecule has 32 heavy (non-hydrogen) atoms. The number of anilines is 1. The molecule has 164 valence electrons. The van der Waals surface area contributed by atoms with Gasteiger partial charge in [-0.1, -0.05) is 24.6 Å². The second kappa shape index (κ2) is 8.75. The van der Waals surface area contributed by atoms with Crippen LogP contribution < -0.4 is 9.64 Å². The fourth-order valence-electron chi connectivity index (χ4n) is 3.76. The summed E-state index contributed by atoms with van der Waals surface area (Å²) in [7, 11) is 0.